The lowest BCUT2D eigenvalue weighted by molar-refractivity contribution is -0.192. The first-order chi connectivity index (χ1) is 14.5. The molecule has 0 radical (unpaired) electrons. The first-order valence-electron chi connectivity index (χ1n) is 9.49. The highest BCUT2D eigenvalue weighted by Crippen LogP contribution is 2.41. The summed E-state index contributed by atoms with van der Waals surface area (Å²) in [6, 6.07) is 5.87. The third-order valence-electron chi connectivity index (χ3n) is 4.77. The Labute approximate surface area is 177 Å². The van der Waals surface area contributed by atoms with E-state index < -0.39 is 47.9 Å². The first kappa shape index (κ1) is 24.3. The van der Waals surface area contributed by atoms with Crippen molar-refractivity contribution in [2.75, 3.05) is 6.54 Å². The third kappa shape index (κ3) is 6.01. The van der Waals surface area contributed by atoms with Crippen LogP contribution in [-0.2, 0) is 4.79 Å². The van der Waals surface area contributed by atoms with Gasteiger partial charge in [0.05, 0.1) is 18.7 Å². The third-order valence-corrected chi connectivity index (χ3v) is 4.77. The van der Waals surface area contributed by atoms with Crippen LogP contribution in [0.15, 0.2) is 42.5 Å². The molecular formula is C22H22F5N3O. The molecule has 31 heavy (non-hydrogen) atoms. The number of nitrogens with zero attached hydrogens (tertiary/aromatic N) is 2. The fourth-order valence-electron chi connectivity index (χ4n) is 3.46. The quantitative estimate of drug-likeness (QED) is 0.467. The van der Waals surface area contributed by atoms with Gasteiger partial charge in [0.2, 0.25) is 5.91 Å². The number of primary amides is 1. The Kier molecular flexibility index (Phi) is 7.74. The van der Waals surface area contributed by atoms with Gasteiger partial charge in [0, 0.05) is 5.56 Å². The topological polar surface area (TPSA) is 70.1 Å². The van der Waals surface area contributed by atoms with Gasteiger partial charge in [0.1, 0.15) is 17.7 Å². The molecule has 2 N–H and O–H groups in total. The number of carbonyl (C=O) groups is 1. The van der Waals surface area contributed by atoms with Gasteiger partial charge in [0.25, 0.3) is 0 Å². The van der Waals surface area contributed by atoms with E-state index in [0.29, 0.717) is 4.90 Å². The molecule has 166 valence electrons. The van der Waals surface area contributed by atoms with Crippen molar-refractivity contribution in [3.8, 4) is 17.2 Å². The van der Waals surface area contributed by atoms with Crippen molar-refractivity contribution in [1.82, 2.24) is 4.90 Å². The molecule has 0 bridgehead atoms. The Morgan fingerprint density at radius 1 is 1.13 bits per heavy atom. The van der Waals surface area contributed by atoms with Crippen LogP contribution in [0.5, 0.6) is 0 Å². The molecule has 0 spiro atoms. The standard InChI is InChI=1S/C22H22F5N3O/c1-13(2)10-19(21(29)31)30(9-8-28)20(22(25,26)27)17-7-6-15(12-18(17)24)14-4-3-5-16(23)11-14/h3-7,11-13,19-20H,9-10H2,1-2H3,(H2,29,31)/t19-,20-/m0/s1. The minimum Gasteiger partial charge on any atom is -0.368 e. The van der Waals surface area contributed by atoms with Gasteiger partial charge in [-0.25, -0.2) is 8.78 Å². The number of hydrogen-bond donors (Lipinski definition) is 1. The van der Waals surface area contributed by atoms with Crippen molar-refractivity contribution < 1.29 is 26.7 Å². The summed E-state index contributed by atoms with van der Waals surface area (Å²) >= 11 is 0. The van der Waals surface area contributed by atoms with Crippen molar-refractivity contribution in [2.45, 2.75) is 38.5 Å². The zero-order chi connectivity index (χ0) is 23.3. The van der Waals surface area contributed by atoms with Crippen molar-refractivity contribution in [1.29, 1.82) is 5.26 Å². The predicted molar refractivity (Wildman–Crippen MR) is 105 cm³/mol. The summed E-state index contributed by atoms with van der Waals surface area (Å²) in [5.41, 5.74) is 5.06. The van der Waals surface area contributed by atoms with E-state index in [9.17, 15) is 26.7 Å². The molecule has 4 nitrogen and oxygen atoms in total. The summed E-state index contributed by atoms with van der Waals surface area (Å²) < 4.78 is 70.6. The Hall–Kier alpha value is -2.99. The molecule has 2 atom stereocenters. The molecule has 0 unspecified atom stereocenters. The van der Waals surface area contributed by atoms with Crippen LogP contribution in [0.2, 0.25) is 0 Å². The van der Waals surface area contributed by atoms with Gasteiger partial charge in [0.15, 0.2) is 0 Å². The maximum absolute atomic E-state index is 14.9. The van der Waals surface area contributed by atoms with Crippen LogP contribution in [0.1, 0.15) is 31.9 Å². The smallest absolute Gasteiger partial charge is 0.368 e. The lowest BCUT2D eigenvalue weighted by Gasteiger charge is -2.37. The average molecular weight is 439 g/mol. The Balaban J connectivity index is 2.59. The van der Waals surface area contributed by atoms with Gasteiger partial charge < -0.3 is 5.73 Å². The lowest BCUT2D eigenvalue weighted by Crippen LogP contribution is -2.51. The van der Waals surface area contributed by atoms with Crippen LogP contribution in [0.3, 0.4) is 0 Å². The second-order valence-electron chi connectivity index (χ2n) is 7.57. The Morgan fingerprint density at radius 3 is 2.26 bits per heavy atom. The van der Waals surface area contributed by atoms with Gasteiger partial charge in [-0.05, 0) is 41.7 Å². The molecule has 0 heterocycles. The van der Waals surface area contributed by atoms with E-state index in [1.165, 1.54) is 24.3 Å². The number of nitriles is 1. The van der Waals surface area contributed by atoms with E-state index in [0.717, 1.165) is 18.2 Å². The van der Waals surface area contributed by atoms with E-state index in [2.05, 4.69) is 0 Å². The Bertz CT molecular complexity index is 968. The molecule has 0 saturated heterocycles. The molecule has 2 aromatic rings. The van der Waals surface area contributed by atoms with Crippen LogP contribution in [-0.4, -0.2) is 29.6 Å². The zero-order valence-corrected chi connectivity index (χ0v) is 17.0. The van der Waals surface area contributed by atoms with Crippen LogP contribution >= 0.6 is 0 Å². The predicted octanol–water partition coefficient (Wildman–Crippen LogP) is 4.96. The van der Waals surface area contributed by atoms with Crippen LogP contribution < -0.4 is 5.73 Å². The minimum absolute atomic E-state index is 0.0351. The molecule has 0 aromatic heterocycles. The molecule has 2 rings (SSSR count). The van der Waals surface area contributed by atoms with Crippen molar-refractivity contribution in [3.63, 3.8) is 0 Å². The second-order valence-corrected chi connectivity index (χ2v) is 7.57. The fourth-order valence-corrected chi connectivity index (χ4v) is 3.46. The van der Waals surface area contributed by atoms with Gasteiger partial charge in [-0.3, -0.25) is 9.69 Å². The number of rotatable bonds is 8. The molecular weight excluding hydrogens is 417 g/mol. The maximum atomic E-state index is 14.9. The molecule has 1 amide bonds. The maximum Gasteiger partial charge on any atom is 0.408 e. The number of alkyl halides is 3. The highest BCUT2D eigenvalue weighted by molar-refractivity contribution is 5.80. The van der Waals surface area contributed by atoms with Crippen molar-refractivity contribution in [3.05, 3.63) is 59.7 Å². The van der Waals surface area contributed by atoms with Gasteiger partial charge in [-0.15, -0.1) is 0 Å². The number of nitrogens with two attached hydrogens (primary N) is 1. The van der Waals surface area contributed by atoms with E-state index >= 15 is 0 Å². The number of hydrogen-bond acceptors (Lipinski definition) is 3. The second kappa shape index (κ2) is 9.88. The van der Waals surface area contributed by atoms with E-state index in [1.807, 2.05) is 0 Å². The molecule has 2 aromatic carbocycles. The summed E-state index contributed by atoms with van der Waals surface area (Å²) in [4.78, 5) is 12.5. The number of benzene rings is 2. The normalized spacial score (nSPS) is 13.8. The van der Waals surface area contributed by atoms with Crippen LogP contribution in [0.4, 0.5) is 22.0 Å². The van der Waals surface area contributed by atoms with Gasteiger partial charge in [-0.2, -0.15) is 18.4 Å². The van der Waals surface area contributed by atoms with Crippen molar-refractivity contribution in [2.24, 2.45) is 11.7 Å². The first-order valence-corrected chi connectivity index (χ1v) is 9.49. The fraction of sp³-hybridized carbons (Fsp3) is 0.364. The molecule has 0 saturated carbocycles. The molecule has 0 aliphatic rings. The highest BCUT2D eigenvalue weighted by atomic mass is 19.4. The van der Waals surface area contributed by atoms with Gasteiger partial charge in [-0.1, -0.05) is 38.1 Å². The Morgan fingerprint density at radius 2 is 1.77 bits per heavy atom. The average Bonchev–Trinajstić information content (AvgIpc) is 2.65. The number of carbonyl (C=O) groups excluding carboxylic acids is 1. The van der Waals surface area contributed by atoms with E-state index in [1.54, 1.807) is 19.9 Å². The lowest BCUT2D eigenvalue weighted by atomic mass is 9.95. The summed E-state index contributed by atoms with van der Waals surface area (Å²) in [5.74, 6) is -3.00. The summed E-state index contributed by atoms with van der Waals surface area (Å²) in [7, 11) is 0. The minimum atomic E-state index is -5.00. The SMILES string of the molecule is CC(C)C[C@@H](C(N)=O)N(CC#N)[C@@H](c1ccc(-c2cccc(F)c2)cc1F)C(F)(F)F. The van der Waals surface area contributed by atoms with E-state index in [4.69, 9.17) is 11.0 Å². The number of amides is 1. The monoisotopic (exact) mass is 439 g/mol. The summed E-state index contributed by atoms with van der Waals surface area (Å²) in [6.45, 7) is 2.60. The highest BCUT2D eigenvalue weighted by Gasteiger charge is 2.49. The van der Waals surface area contributed by atoms with Crippen molar-refractivity contribution >= 4 is 5.91 Å². The summed E-state index contributed by atoms with van der Waals surface area (Å²) in [6.07, 6.45) is -5.03. The van der Waals surface area contributed by atoms with Gasteiger partial charge >= 0.3 is 6.18 Å². The van der Waals surface area contributed by atoms with Crippen LogP contribution in [0.25, 0.3) is 11.1 Å². The van der Waals surface area contributed by atoms with E-state index in [-0.39, 0.29) is 23.5 Å². The molecule has 0 aliphatic heterocycles. The summed E-state index contributed by atoms with van der Waals surface area (Å²) in [5, 5.41) is 9.11. The van der Waals surface area contributed by atoms with Crippen LogP contribution in [0, 0.1) is 28.9 Å². The number of halogens is 5. The zero-order valence-electron chi connectivity index (χ0n) is 17.0. The molecule has 0 aliphatic carbocycles. The molecule has 9 heteroatoms. The molecule has 0 fully saturated rings. The largest absolute Gasteiger partial charge is 0.408 e.